The number of nitrogens with one attached hydrogen (secondary N) is 1. The molecule has 0 saturated heterocycles. The zero-order valence-electron chi connectivity index (χ0n) is 10.1. The molecule has 3 rings (SSSR count). The van der Waals surface area contributed by atoms with Gasteiger partial charge in [-0.1, -0.05) is 25.0 Å². The summed E-state index contributed by atoms with van der Waals surface area (Å²) in [6.07, 6.45) is 6.94. The Labute approximate surface area is 101 Å². The number of aryl methyl sites for hydroxylation is 1. The quantitative estimate of drug-likeness (QED) is 0.850. The highest BCUT2D eigenvalue weighted by molar-refractivity contribution is 5.74. The number of imidazole rings is 1. The highest BCUT2D eigenvalue weighted by Crippen LogP contribution is 2.30. The van der Waals surface area contributed by atoms with Crippen LogP contribution >= 0.6 is 0 Å². The molecule has 3 nitrogen and oxygen atoms in total. The van der Waals surface area contributed by atoms with Gasteiger partial charge in [0.05, 0.1) is 11.0 Å². The third-order valence-electron chi connectivity index (χ3n) is 3.90. The van der Waals surface area contributed by atoms with Crippen LogP contribution in [-0.2, 0) is 6.42 Å². The standard InChI is InChI=1S/C14H19N3/c15-14(8-3-4-9-14)10-7-13-16-11-5-1-2-6-12(11)17-13/h1-2,5-6H,3-4,7-10,15H2,(H,16,17). The van der Waals surface area contributed by atoms with Crippen LogP contribution in [0.15, 0.2) is 24.3 Å². The number of hydrogen-bond acceptors (Lipinski definition) is 2. The minimum absolute atomic E-state index is 0.0684. The van der Waals surface area contributed by atoms with E-state index in [1.165, 1.54) is 25.7 Å². The zero-order valence-corrected chi connectivity index (χ0v) is 10.1. The lowest BCUT2D eigenvalue weighted by molar-refractivity contribution is 0.403. The normalized spacial score (nSPS) is 18.9. The van der Waals surface area contributed by atoms with Crippen LogP contribution in [-0.4, -0.2) is 15.5 Å². The first-order valence-electron chi connectivity index (χ1n) is 6.48. The molecule has 0 spiro atoms. The van der Waals surface area contributed by atoms with Gasteiger partial charge in [-0.05, 0) is 31.4 Å². The molecule has 3 N–H and O–H groups in total. The summed E-state index contributed by atoms with van der Waals surface area (Å²) in [5, 5.41) is 0. The Morgan fingerprint density at radius 2 is 2.00 bits per heavy atom. The van der Waals surface area contributed by atoms with Gasteiger partial charge < -0.3 is 10.7 Å². The van der Waals surface area contributed by atoms with Gasteiger partial charge in [0.15, 0.2) is 0 Å². The van der Waals surface area contributed by atoms with Crippen molar-refractivity contribution >= 4 is 11.0 Å². The Morgan fingerprint density at radius 1 is 1.24 bits per heavy atom. The average molecular weight is 229 g/mol. The summed E-state index contributed by atoms with van der Waals surface area (Å²) in [4.78, 5) is 7.96. The van der Waals surface area contributed by atoms with Crippen LogP contribution in [0.25, 0.3) is 11.0 Å². The predicted molar refractivity (Wildman–Crippen MR) is 69.8 cm³/mol. The second-order valence-electron chi connectivity index (χ2n) is 5.27. The molecule has 0 bridgehead atoms. The lowest BCUT2D eigenvalue weighted by Gasteiger charge is -2.22. The van der Waals surface area contributed by atoms with Gasteiger partial charge in [0.25, 0.3) is 0 Å². The van der Waals surface area contributed by atoms with Crippen LogP contribution in [0.2, 0.25) is 0 Å². The number of aromatic nitrogens is 2. The molecule has 1 aromatic carbocycles. The third kappa shape index (κ3) is 2.20. The minimum Gasteiger partial charge on any atom is -0.342 e. The number of para-hydroxylation sites is 2. The zero-order chi connectivity index (χ0) is 11.7. The van der Waals surface area contributed by atoms with Crippen molar-refractivity contribution in [3.05, 3.63) is 30.1 Å². The molecule has 1 saturated carbocycles. The van der Waals surface area contributed by atoms with E-state index in [0.29, 0.717) is 0 Å². The highest BCUT2D eigenvalue weighted by Gasteiger charge is 2.28. The second kappa shape index (κ2) is 4.15. The molecule has 2 aromatic rings. The summed E-state index contributed by atoms with van der Waals surface area (Å²) in [6, 6.07) is 8.17. The van der Waals surface area contributed by atoms with Crippen LogP contribution in [0, 0.1) is 0 Å². The van der Waals surface area contributed by atoms with Crippen LogP contribution < -0.4 is 5.73 Å². The van der Waals surface area contributed by atoms with Gasteiger partial charge in [-0.25, -0.2) is 4.98 Å². The van der Waals surface area contributed by atoms with E-state index >= 15 is 0 Å². The van der Waals surface area contributed by atoms with E-state index in [4.69, 9.17) is 5.73 Å². The first-order chi connectivity index (χ1) is 8.25. The molecule has 1 aliphatic rings. The van der Waals surface area contributed by atoms with Gasteiger partial charge in [-0.2, -0.15) is 0 Å². The summed E-state index contributed by atoms with van der Waals surface area (Å²) in [7, 11) is 0. The molecule has 0 atom stereocenters. The van der Waals surface area contributed by atoms with Crippen molar-refractivity contribution in [3.63, 3.8) is 0 Å². The van der Waals surface area contributed by atoms with Crippen molar-refractivity contribution in [2.45, 2.75) is 44.1 Å². The molecule has 1 aromatic heterocycles. The van der Waals surface area contributed by atoms with Crippen LogP contribution in [0.4, 0.5) is 0 Å². The van der Waals surface area contributed by atoms with E-state index in [9.17, 15) is 0 Å². The van der Waals surface area contributed by atoms with Gasteiger partial charge in [-0.3, -0.25) is 0 Å². The number of aromatic amines is 1. The van der Waals surface area contributed by atoms with Crippen LogP contribution in [0.1, 0.15) is 37.9 Å². The first-order valence-corrected chi connectivity index (χ1v) is 6.48. The monoisotopic (exact) mass is 229 g/mol. The average Bonchev–Trinajstić information content (AvgIpc) is 2.93. The summed E-state index contributed by atoms with van der Waals surface area (Å²) < 4.78 is 0. The van der Waals surface area contributed by atoms with E-state index < -0.39 is 0 Å². The number of fused-ring (bicyclic) bond motifs is 1. The molecule has 0 radical (unpaired) electrons. The Hall–Kier alpha value is -1.35. The smallest absolute Gasteiger partial charge is 0.107 e. The molecular weight excluding hydrogens is 210 g/mol. The molecule has 1 fully saturated rings. The van der Waals surface area contributed by atoms with Crippen molar-refractivity contribution < 1.29 is 0 Å². The number of nitrogens with two attached hydrogens (primary N) is 1. The summed E-state index contributed by atoms with van der Waals surface area (Å²) in [5.41, 5.74) is 8.61. The molecule has 0 amide bonds. The summed E-state index contributed by atoms with van der Waals surface area (Å²) >= 11 is 0. The number of hydrogen-bond donors (Lipinski definition) is 2. The van der Waals surface area contributed by atoms with Gasteiger partial charge >= 0.3 is 0 Å². The lowest BCUT2D eigenvalue weighted by Crippen LogP contribution is -2.36. The van der Waals surface area contributed by atoms with E-state index in [-0.39, 0.29) is 5.54 Å². The van der Waals surface area contributed by atoms with Gasteiger partial charge in [0, 0.05) is 12.0 Å². The van der Waals surface area contributed by atoms with Gasteiger partial charge in [0.1, 0.15) is 5.82 Å². The van der Waals surface area contributed by atoms with E-state index in [1.54, 1.807) is 0 Å². The number of nitrogens with zero attached hydrogens (tertiary/aromatic N) is 1. The van der Waals surface area contributed by atoms with Gasteiger partial charge in [0.2, 0.25) is 0 Å². The third-order valence-corrected chi connectivity index (χ3v) is 3.90. The number of H-pyrrole nitrogens is 1. The SMILES string of the molecule is NC1(CCc2nc3ccccc3[nH]2)CCCC1. The highest BCUT2D eigenvalue weighted by atomic mass is 14.9. The maximum absolute atomic E-state index is 6.36. The maximum atomic E-state index is 6.36. The summed E-state index contributed by atoms with van der Waals surface area (Å²) in [6.45, 7) is 0. The lowest BCUT2D eigenvalue weighted by atomic mass is 9.93. The topological polar surface area (TPSA) is 54.7 Å². The fourth-order valence-corrected chi connectivity index (χ4v) is 2.82. The molecule has 90 valence electrons. The second-order valence-corrected chi connectivity index (χ2v) is 5.27. The first kappa shape index (κ1) is 10.8. The predicted octanol–water partition coefficient (Wildman–Crippen LogP) is 2.77. The minimum atomic E-state index is 0.0684. The number of benzene rings is 1. The maximum Gasteiger partial charge on any atom is 0.107 e. The fourth-order valence-electron chi connectivity index (χ4n) is 2.82. The van der Waals surface area contributed by atoms with Crippen molar-refractivity contribution in [2.24, 2.45) is 5.73 Å². The van der Waals surface area contributed by atoms with Crippen molar-refractivity contribution in [2.75, 3.05) is 0 Å². The van der Waals surface area contributed by atoms with Crippen LogP contribution in [0.3, 0.4) is 0 Å². The van der Waals surface area contributed by atoms with Crippen LogP contribution in [0.5, 0.6) is 0 Å². The van der Waals surface area contributed by atoms with E-state index in [0.717, 1.165) is 29.7 Å². The fraction of sp³-hybridized carbons (Fsp3) is 0.500. The number of rotatable bonds is 3. The Kier molecular flexibility index (Phi) is 2.63. The summed E-state index contributed by atoms with van der Waals surface area (Å²) in [5.74, 6) is 1.07. The largest absolute Gasteiger partial charge is 0.342 e. The molecule has 3 heteroatoms. The van der Waals surface area contributed by atoms with E-state index in [2.05, 4.69) is 16.0 Å². The van der Waals surface area contributed by atoms with Gasteiger partial charge in [-0.15, -0.1) is 0 Å². The molecular formula is C14H19N3. The Balaban J connectivity index is 1.72. The molecule has 17 heavy (non-hydrogen) atoms. The van der Waals surface area contributed by atoms with Crippen molar-refractivity contribution in [1.29, 1.82) is 0 Å². The Bertz CT molecular complexity index is 476. The molecule has 0 unspecified atom stereocenters. The molecule has 0 aliphatic heterocycles. The molecule has 1 heterocycles. The van der Waals surface area contributed by atoms with Crippen molar-refractivity contribution in [1.82, 2.24) is 9.97 Å². The Morgan fingerprint density at radius 3 is 2.76 bits per heavy atom. The van der Waals surface area contributed by atoms with Crippen molar-refractivity contribution in [3.8, 4) is 0 Å². The molecule has 1 aliphatic carbocycles. The van der Waals surface area contributed by atoms with E-state index in [1.807, 2.05) is 18.2 Å².